The molecular formula is C22H30N2O3. The summed E-state index contributed by atoms with van der Waals surface area (Å²) >= 11 is 0. The predicted octanol–water partition coefficient (Wildman–Crippen LogP) is 4.99. The lowest BCUT2D eigenvalue weighted by Gasteiger charge is -2.12. The van der Waals surface area contributed by atoms with Gasteiger partial charge in [0.05, 0.1) is 0 Å². The van der Waals surface area contributed by atoms with Crippen molar-refractivity contribution in [2.75, 3.05) is 6.61 Å². The van der Waals surface area contributed by atoms with E-state index in [0.717, 1.165) is 30.4 Å². The van der Waals surface area contributed by atoms with Crippen LogP contribution in [-0.4, -0.2) is 28.6 Å². The summed E-state index contributed by atoms with van der Waals surface area (Å²) in [4.78, 5) is 20.9. The Kier molecular flexibility index (Phi) is 8.92. The van der Waals surface area contributed by atoms with E-state index < -0.39 is 6.10 Å². The quantitative estimate of drug-likeness (QED) is 0.317. The van der Waals surface area contributed by atoms with Crippen LogP contribution in [0.25, 0.3) is 11.4 Å². The average molecular weight is 370 g/mol. The molecule has 0 aliphatic carbocycles. The maximum absolute atomic E-state index is 12.0. The number of aryl methyl sites for hydroxylation is 1. The van der Waals surface area contributed by atoms with E-state index >= 15 is 0 Å². The van der Waals surface area contributed by atoms with Gasteiger partial charge in [0.1, 0.15) is 5.75 Å². The second-order valence-electron chi connectivity index (χ2n) is 6.68. The standard InChI is InChI=1S/C22H30N2O3/c1-4-6-8-9-18-15-23-21(24-16-18)19-10-12-20(13-11-19)27-22(25)17(3)26-14-7-5-2/h10-13,15-17H,4-9,14H2,1-3H3. The van der Waals surface area contributed by atoms with Gasteiger partial charge in [-0.15, -0.1) is 0 Å². The van der Waals surface area contributed by atoms with Crippen molar-refractivity contribution in [1.29, 1.82) is 0 Å². The highest BCUT2D eigenvalue weighted by molar-refractivity contribution is 5.77. The van der Waals surface area contributed by atoms with Gasteiger partial charge in [0.25, 0.3) is 0 Å². The van der Waals surface area contributed by atoms with Crippen LogP contribution in [0.1, 0.15) is 58.4 Å². The Bertz CT molecular complexity index is 684. The minimum Gasteiger partial charge on any atom is -0.425 e. The molecule has 0 saturated heterocycles. The molecule has 0 N–H and O–H groups in total. The summed E-state index contributed by atoms with van der Waals surface area (Å²) in [7, 11) is 0. The van der Waals surface area contributed by atoms with Crippen molar-refractivity contribution in [3.8, 4) is 17.1 Å². The van der Waals surface area contributed by atoms with Crippen LogP contribution in [0.4, 0.5) is 0 Å². The molecule has 0 aliphatic rings. The van der Waals surface area contributed by atoms with Crippen LogP contribution >= 0.6 is 0 Å². The summed E-state index contributed by atoms with van der Waals surface area (Å²) < 4.78 is 10.8. The molecule has 1 unspecified atom stereocenters. The molecule has 0 radical (unpaired) electrons. The summed E-state index contributed by atoms with van der Waals surface area (Å²) in [5.74, 6) is 0.779. The third-order valence-corrected chi connectivity index (χ3v) is 4.30. The zero-order valence-corrected chi connectivity index (χ0v) is 16.6. The molecule has 1 heterocycles. The van der Waals surface area contributed by atoms with Gasteiger partial charge in [-0.25, -0.2) is 14.8 Å². The summed E-state index contributed by atoms with van der Waals surface area (Å²) in [6, 6.07) is 7.23. The maximum atomic E-state index is 12.0. The molecule has 2 aromatic rings. The van der Waals surface area contributed by atoms with Crippen LogP contribution in [0.15, 0.2) is 36.7 Å². The van der Waals surface area contributed by atoms with E-state index in [9.17, 15) is 4.79 Å². The molecule has 5 nitrogen and oxygen atoms in total. The SMILES string of the molecule is CCCCCc1cnc(-c2ccc(OC(=O)C(C)OCCCC)cc2)nc1. The van der Waals surface area contributed by atoms with Crippen molar-refractivity contribution >= 4 is 5.97 Å². The van der Waals surface area contributed by atoms with Gasteiger partial charge in [-0.1, -0.05) is 33.1 Å². The Labute approximate surface area is 162 Å². The van der Waals surface area contributed by atoms with Crippen LogP contribution in [0.5, 0.6) is 5.75 Å². The topological polar surface area (TPSA) is 61.3 Å². The Morgan fingerprint density at radius 2 is 1.67 bits per heavy atom. The second-order valence-corrected chi connectivity index (χ2v) is 6.68. The Balaban J connectivity index is 1.89. The first-order valence-electron chi connectivity index (χ1n) is 9.88. The van der Waals surface area contributed by atoms with E-state index in [1.807, 2.05) is 24.5 Å². The number of aromatic nitrogens is 2. The molecule has 0 aliphatic heterocycles. The number of esters is 1. The normalized spacial score (nSPS) is 12.0. The summed E-state index contributed by atoms with van der Waals surface area (Å²) in [5, 5.41) is 0. The molecule has 0 amide bonds. The van der Waals surface area contributed by atoms with Crippen molar-refractivity contribution < 1.29 is 14.3 Å². The molecule has 2 rings (SSSR count). The number of hydrogen-bond acceptors (Lipinski definition) is 5. The van der Waals surface area contributed by atoms with Gasteiger partial charge in [0, 0.05) is 24.6 Å². The fourth-order valence-corrected chi connectivity index (χ4v) is 2.56. The highest BCUT2D eigenvalue weighted by Crippen LogP contribution is 2.20. The molecule has 0 fully saturated rings. The van der Waals surface area contributed by atoms with E-state index in [1.165, 1.54) is 19.3 Å². The molecular weight excluding hydrogens is 340 g/mol. The number of benzene rings is 1. The fourth-order valence-electron chi connectivity index (χ4n) is 2.56. The Morgan fingerprint density at radius 3 is 2.30 bits per heavy atom. The molecule has 5 heteroatoms. The number of rotatable bonds is 11. The molecule has 0 bridgehead atoms. The van der Waals surface area contributed by atoms with E-state index in [4.69, 9.17) is 9.47 Å². The predicted molar refractivity (Wildman–Crippen MR) is 107 cm³/mol. The largest absolute Gasteiger partial charge is 0.425 e. The van der Waals surface area contributed by atoms with Crippen LogP contribution in [0.2, 0.25) is 0 Å². The molecule has 0 saturated carbocycles. The summed E-state index contributed by atoms with van der Waals surface area (Å²) in [6.45, 7) is 6.55. The Hall–Kier alpha value is -2.27. The number of carbonyl (C=O) groups is 1. The Morgan fingerprint density at radius 1 is 1.00 bits per heavy atom. The zero-order valence-electron chi connectivity index (χ0n) is 16.6. The van der Waals surface area contributed by atoms with Crippen LogP contribution < -0.4 is 4.74 Å². The first-order valence-corrected chi connectivity index (χ1v) is 9.88. The number of ether oxygens (including phenoxy) is 2. The number of hydrogen-bond donors (Lipinski definition) is 0. The smallest absolute Gasteiger partial charge is 0.340 e. The molecule has 1 aromatic heterocycles. The van der Waals surface area contributed by atoms with E-state index in [0.29, 0.717) is 18.2 Å². The maximum Gasteiger partial charge on any atom is 0.340 e. The van der Waals surface area contributed by atoms with E-state index in [1.54, 1.807) is 19.1 Å². The second kappa shape index (κ2) is 11.4. The molecule has 1 aromatic carbocycles. The van der Waals surface area contributed by atoms with Gasteiger partial charge >= 0.3 is 5.97 Å². The van der Waals surface area contributed by atoms with Gasteiger partial charge < -0.3 is 9.47 Å². The monoisotopic (exact) mass is 370 g/mol. The molecule has 1 atom stereocenters. The van der Waals surface area contributed by atoms with Crippen molar-refractivity contribution in [2.24, 2.45) is 0 Å². The third-order valence-electron chi connectivity index (χ3n) is 4.30. The number of nitrogens with zero attached hydrogens (tertiary/aromatic N) is 2. The van der Waals surface area contributed by atoms with Crippen LogP contribution in [0.3, 0.4) is 0 Å². The van der Waals surface area contributed by atoms with E-state index in [-0.39, 0.29) is 5.97 Å². The molecule has 27 heavy (non-hydrogen) atoms. The van der Waals surface area contributed by atoms with Gasteiger partial charge in [0.15, 0.2) is 11.9 Å². The minimum absolute atomic E-state index is 0.383. The van der Waals surface area contributed by atoms with Gasteiger partial charge in [-0.3, -0.25) is 0 Å². The summed E-state index contributed by atoms with van der Waals surface area (Å²) in [5.41, 5.74) is 2.05. The summed E-state index contributed by atoms with van der Waals surface area (Å²) in [6.07, 6.45) is 9.79. The van der Waals surface area contributed by atoms with Crippen molar-refractivity contribution in [2.45, 2.75) is 65.4 Å². The lowest BCUT2D eigenvalue weighted by atomic mass is 10.1. The highest BCUT2D eigenvalue weighted by Gasteiger charge is 2.15. The third kappa shape index (κ3) is 7.10. The van der Waals surface area contributed by atoms with Gasteiger partial charge in [0.2, 0.25) is 0 Å². The molecule has 146 valence electrons. The number of carbonyl (C=O) groups excluding carboxylic acids is 1. The lowest BCUT2D eigenvalue weighted by Crippen LogP contribution is -2.26. The number of unbranched alkanes of at least 4 members (excludes halogenated alkanes) is 3. The van der Waals surface area contributed by atoms with Crippen LogP contribution in [-0.2, 0) is 16.0 Å². The fraction of sp³-hybridized carbons (Fsp3) is 0.500. The first kappa shape index (κ1) is 21.0. The van der Waals surface area contributed by atoms with Crippen molar-refractivity contribution in [3.05, 3.63) is 42.2 Å². The average Bonchev–Trinajstić information content (AvgIpc) is 2.69. The van der Waals surface area contributed by atoms with Gasteiger partial charge in [-0.05, 0) is 56.0 Å². The van der Waals surface area contributed by atoms with Crippen molar-refractivity contribution in [3.63, 3.8) is 0 Å². The zero-order chi connectivity index (χ0) is 19.5. The lowest BCUT2D eigenvalue weighted by molar-refractivity contribution is -0.146. The van der Waals surface area contributed by atoms with Crippen molar-refractivity contribution in [1.82, 2.24) is 9.97 Å². The molecule has 0 spiro atoms. The highest BCUT2D eigenvalue weighted by atomic mass is 16.6. The van der Waals surface area contributed by atoms with E-state index in [2.05, 4.69) is 23.8 Å². The first-order chi connectivity index (χ1) is 13.1. The van der Waals surface area contributed by atoms with Crippen LogP contribution in [0, 0.1) is 0 Å². The van der Waals surface area contributed by atoms with Gasteiger partial charge in [-0.2, -0.15) is 0 Å². The minimum atomic E-state index is -0.570.